The zero-order valence-corrected chi connectivity index (χ0v) is 17.5. The van der Waals surface area contributed by atoms with Gasteiger partial charge in [0.1, 0.15) is 0 Å². The van der Waals surface area contributed by atoms with Crippen molar-refractivity contribution in [2.75, 3.05) is 25.6 Å². The van der Waals surface area contributed by atoms with E-state index in [1.54, 1.807) is 18.2 Å². The molecule has 6 heteroatoms. The van der Waals surface area contributed by atoms with Crippen molar-refractivity contribution in [1.82, 2.24) is 0 Å². The molecule has 29 heavy (non-hydrogen) atoms. The third-order valence-corrected chi connectivity index (χ3v) is 4.33. The molecule has 0 atom stereocenters. The summed E-state index contributed by atoms with van der Waals surface area (Å²) >= 11 is 0. The number of carbonyl (C=O) groups is 2. The molecule has 2 aromatic carbocycles. The van der Waals surface area contributed by atoms with E-state index in [2.05, 4.69) is 5.32 Å². The van der Waals surface area contributed by atoms with Gasteiger partial charge in [0.25, 0.3) is 0 Å². The van der Waals surface area contributed by atoms with Crippen molar-refractivity contribution in [1.29, 1.82) is 0 Å². The van der Waals surface area contributed by atoms with Crippen LogP contribution < -0.4 is 14.8 Å². The summed E-state index contributed by atoms with van der Waals surface area (Å²) in [6.07, 6.45) is 2.96. The molecule has 0 saturated heterocycles. The second-order valence-electron chi connectivity index (χ2n) is 6.35. The number of carbonyl (C=O) groups excluding carboxylic acids is 2. The summed E-state index contributed by atoms with van der Waals surface area (Å²) in [5.41, 5.74) is 3.61. The number of hydrogen-bond acceptors (Lipinski definition) is 6. The summed E-state index contributed by atoms with van der Waals surface area (Å²) in [4.78, 5) is 24.4. The molecule has 0 aliphatic carbocycles. The highest BCUT2D eigenvalue weighted by atomic mass is 16.5. The quantitative estimate of drug-likeness (QED) is 0.376. The first-order valence-electron chi connectivity index (χ1n) is 9.47. The SMILES string of the molecule is CCOc1cc(C(=O)OC)cc(NC=CC(=O)c2ccc(C)c(C)c2)c1OCC. The van der Waals surface area contributed by atoms with Gasteiger partial charge >= 0.3 is 5.97 Å². The molecule has 0 unspecified atom stereocenters. The van der Waals surface area contributed by atoms with Crippen LogP contribution in [0.4, 0.5) is 5.69 Å². The number of aryl methyl sites for hydroxylation is 2. The molecular weight excluding hydrogens is 370 g/mol. The number of rotatable bonds is 9. The van der Waals surface area contributed by atoms with Crippen LogP contribution in [-0.4, -0.2) is 32.1 Å². The standard InChI is InChI=1S/C23H27NO5/c1-6-28-21-14-18(23(26)27-5)13-19(22(21)29-7-2)24-11-10-20(25)17-9-8-15(3)16(4)12-17/h8-14,24H,6-7H2,1-5H3. The average molecular weight is 397 g/mol. The van der Waals surface area contributed by atoms with E-state index < -0.39 is 5.97 Å². The van der Waals surface area contributed by atoms with E-state index in [9.17, 15) is 9.59 Å². The number of allylic oxidation sites excluding steroid dienone is 1. The van der Waals surface area contributed by atoms with Gasteiger partial charge in [-0.2, -0.15) is 0 Å². The van der Waals surface area contributed by atoms with Crippen molar-refractivity contribution in [3.05, 3.63) is 64.9 Å². The number of ketones is 1. The lowest BCUT2D eigenvalue weighted by atomic mass is 10.0. The van der Waals surface area contributed by atoms with Crippen molar-refractivity contribution < 1.29 is 23.8 Å². The Hall–Kier alpha value is -3.28. The Morgan fingerprint density at radius 1 is 0.966 bits per heavy atom. The van der Waals surface area contributed by atoms with Crippen LogP contribution in [0.5, 0.6) is 11.5 Å². The minimum Gasteiger partial charge on any atom is -0.490 e. The first-order valence-corrected chi connectivity index (χ1v) is 9.47. The minimum absolute atomic E-state index is 0.132. The molecule has 0 aromatic heterocycles. The summed E-state index contributed by atoms with van der Waals surface area (Å²) < 4.78 is 16.1. The Morgan fingerprint density at radius 3 is 2.31 bits per heavy atom. The molecule has 0 fully saturated rings. The van der Waals surface area contributed by atoms with Crippen LogP contribution >= 0.6 is 0 Å². The number of ether oxygens (including phenoxy) is 3. The molecule has 0 heterocycles. The molecule has 0 saturated carbocycles. The number of esters is 1. The largest absolute Gasteiger partial charge is 0.490 e. The van der Waals surface area contributed by atoms with Crippen LogP contribution in [0.3, 0.4) is 0 Å². The van der Waals surface area contributed by atoms with E-state index in [1.165, 1.54) is 19.4 Å². The van der Waals surface area contributed by atoms with Gasteiger partial charge in [-0.3, -0.25) is 4.79 Å². The predicted octanol–water partition coefficient (Wildman–Crippen LogP) is 4.70. The predicted molar refractivity (Wildman–Crippen MR) is 113 cm³/mol. The summed E-state index contributed by atoms with van der Waals surface area (Å²) in [7, 11) is 1.31. The first kappa shape index (κ1) is 22.0. The van der Waals surface area contributed by atoms with Crippen LogP contribution in [-0.2, 0) is 4.74 Å². The Bertz CT molecular complexity index is 918. The maximum atomic E-state index is 12.4. The van der Waals surface area contributed by atoms with Gasteiger partial charge in [0.2, 0.25) is 0 Å². The molecular formula is C23H27NO5. The number of methoxy groups -OCH3 is 1. The third kappa shape index (κ3) is 5.60. The normalized spacial score (nSPS) is 10.7. The lowest BCUT2D eigenvalue weighted by Gasteiger charge is -2.16. The number of anilines is 1. The van der Waals surface area contributed by atoms with Crippen LogP contribution in [0.1, 0.15) is 45.7 Å². The highest BCUT2D eigenvalue weighted by molar-refractivity contribution is 6.04. The molecule has 0 radical (unpaired) electrons. The van der Waals surface area contributed by atoms with Gasteiger partial charge in [0.05, 0.1) is 31.6 Å². The lowest BCUT2D eigenvalue weighted by molar-refractivity contribution is 0.0600. The fourth-order valence-corrected chi connectivity index (χ4v) is 2.70. The van der Waals surface area contributed by atoms with Crippen molar-refractivity contribution in [2.45, 2.75) is 27.7 Å². The fourth-order valence-electron chi connectivity index (χ4n) is 2.70. The molecule has 0 aliphatic rings. The Balaban J connectivity index is 2.32. The van der Waals surface area contributed by atoms with Crippen LogP contribution in [0.25, 0.3) is 0 Å². The average Bonchev–Trinajstić information content (AvgIpc) is 2.71. The van der Waals surface area contributed by atoms with E-state index in [0.717, 1.165) is 11.1 Å². The second kappa shape index (κ2) is 10.3. The summed E-state index contributed by atoms with van der Waals surface area (Å²) in [5.74, 6) is 0.263. The number of hydrogen-bond donors (Lipinski definition) is 1. The molecule has 6 nitrogen and oxygen atoms in total. The highest BCUT2D eigenvalue weighted by Gasteiger charge is 2.17. The zero-order valence-electron chi connectivity index (χ0n) is 17.5. The van der Waals surface area contributed by atoms with E-state index in [-0.39, 0.29) is 5.78 Å². The molecule has 2 aromatic rings. The Morgan fingerprint density at radius 2 is 1.69 bits per heavy atom. The smallest absolute Gasteiger partial charge is 0.338 e. The molecule has 154 valence electrons. The summed E-state index contributed by atoms with van der Waals surface area (Å²) in [6.45, 7) is 8.49. The minimum atomic E-state index is -0.493. The van der Waals surface area contributed by atoms with Crippen molar-refractivity contribution in [2.24, 2.45) is 0 Å². The van der Waals surface area contributed by atoms with Gasteiger partial charge in [-0.25, -0.2) is 4.79 Å². The van der Waals surface area contributed by atoms with Crippen molar-refractivity contribution in [3.8, 4) is 11.5 Å². The molecule has 0 spiro atoms. The summed E-state index contributed by atoms with van der Waals surface area (Å²) in [5, 5.41) is 3.03. The molecule has 1 N–H and O–H groups in total. The van der Waals surface area contributed by atoms with Gasteiger partial charge in [0, 0.05) is 17.8 Å². The zero-order chi connectivity index (χ0) is 21.4. The molecule has 0 bridgehead atoms. The lowest BCUT2D eigenvalue weighted by Crippen LogP contribution is -2.07. The van der Waals surface area contributed by atoms with Gasteiger partial charge in [-0.05, 0) is 57.0 Å². The molecule has 2 rings (SSSR count). The van der Waals surface area contributed by atoms with E-state index in [4.69, 9.17) is 14.2 Å². The van der Waals surface area contributed by atoms with E-state index in [0.29, 0.717) is 41.5 Å². The maximum absolute atomic E-state index is 12.4. The van der Waals surface area contributed by atoms with Gasteiger partial charge in [-0.15, -0.1) is 0 Å². The molecule has 0 amide bonds. The van der Waals surface area contributed by atoms with E-state index >= 15 is 0 Å². The van der Waals surface area contributed by atoms with Crippen LogP contribution in [0, 0.1) is 13.8 Å². The van der Waals surface area contributed by atoms with Gasteiger partial charge in [-0.1, -0.05) is 12.1 Å². The second-order valence-corrected chi connectivity index (χ2v) is 6.35. The maximum Gasteiger partial charge on any atom is 0.338 e. The summed E-state index contributed by atoms with van der Waals surface area (Å²) in [6, 6.07) is 8.76. The third-order valence-electron chi connectivity index (χ3n) is 4.33. The number of benzene rings is 2. The van der Waals surface area contributed by atoms with Gasteiger partial charge in [0.15, 0.2) is 17.3 Å². The van der Waals surface area contributed by atoms with Crippen molar-refractivity contribution in [3.63, 3.8) is 0 Å². The van der Waals surface area contributed by atoms with Gasteiger partial charge < -0.3 is 19.5 Å². The van der Waals surface area contributed by atoms with E-state index in [1.807, 2.05) is 39.8 Å². The topological polar surface area (TPSA) is 73.9 Å². The molecule has 0 aliphatic heterocycles. The Kier molecular flexibility index (Phi) is 7.83. The van der Waals surface area contributed by atoms with Crippen LogP contribution in [0.2, 0.25) is 0 Å². The highest BCUT2D eigenvalue weighted by Crippen LogP contribution is 2.37. The van der Waals surface area contributed by atoms with Crippen molar-refractivity contribution >= 4 is 17.4 Å². The Labute approximate surface area is 171 Å². The number of nitrogens with one attached hydrogen (secondary N) is 1. The van der Waals surface area contributed by atoms with Crippen LogP contribution in [0.15, 0.2) is 42.6 Å². The fraction of sp³-hybridized carbons (Fsp3) is 0.304. The monoisotopic (exact) mass is 397 g/mol. The first-order chi connectivity index (χ1) is 13.9.